The quantitative estimate of drug-likeness (QED) is 0.632. The Morgan fingerprint density at radius 1 is 0.833 bits per heavy atom. The van der Waals surface area contributed by atoms with Crippen molar-refractivity contribution in [2.75, 3.05) is 26.2 Å². The molecule has 0 saturated carbocycles. The molecule has 5 rings (SSSR count). The summed E-state index contributed by atoms with van der Waals surface area (Å²) in [7, 11) is 0. The van der Waals surface area contributed by atoms with Gasteiger partial charge in [0.2, 0.25) is 0 Å². The molecule has 0 N–H and O–H groups in total. The van der Waals surface area contributed by atoms with E-state index in [0.29, 0.717) is 0 Å². The van der Waals surface area contributed by atoms with Crippen LogP contribution in [-0.4, -0.2) is 40.5 Å². The highest BCUT2D eigenvalue weighted by Crippen LogP contribution is 2.32. The summed E-state index contributed by atoms with van der Waals surface area (Å²) in [6, 6.07) is 19.3. The maximum Gasteiger partial charge on any atom is 0.0995 e. The second-order valence-electron chi connectivity index (χ2n) is 8.73. The van der Waals surface area contributed by atoms with Crippen molar-refractivity contribution in [1.29, 1.82) is 5.26 Å². The zero-order valence-corrected chi connectivity index (χ0v) is 17.7. The molecule has 0 bridgehead atoms. The summed E-state index contributed by atoms with van der Waals surface area (Å²) < 4.78 is 2.60. The SMILES string of the molecule is N#Cc1ccccc1CN1CCc2c(c3ccccc3n2CCN2CCCCC2)C1. The van der Waals surface area contributed by atoms with Crippen molar-refractivity contribution in [3.63, 3.8) is 0 Å². The number of nitrogens with zero attached hydrogens (tertiary/aromatic N) is 4. The fourth-order valence-corrected chi connectivity index (χ4v) is 5.28. The Hall–Kier alpha value is -2.61. The predicted molar refractivity (Wildman–Crippen MR) is 121 cm³/mol. The van der Waals surface area contributed by atoms with Crippen molar-refractivity contribution < 1.29 is 0 Å². The van der Waals surface area contributed by atoms with Gasteiger partial charge in [0.05, 0.1) is 11.6 Å². The van der Waals surface area contributed by atoms with E-state index in [-0.39, 0.29) is 0 Å². The van der Waals surface area contributed by atoms with Crippen LogP contribution >= 0.6 is 0 Å². The molecular weight excluding hydrogens is 368 g/mol. The summed E-state index contributed by atoms with van der Waals surface area (Å²) in [4.78, 5) is 5.14. The number of para-hydroxylation sites is 1. The minimum absolute atomic E-state index is 0.798. The lowest BCUT2D eigenvalue weighted by atomic mass is 10.0. The Morgan fingerprint density at radius 3 is 2.50 bits per heavy atom. The van der Waals surface area contributed by atoms with Crippen LogP contribution in [0.1, 0.15) is 41.6 Å². The van der Waals surface area contributed by atoms with Crippen LogP contribution in [0, 0.1) is 11.3 Å². The third-order valence-electron chi connectivity index (χ3n) is 6.86. The molecule has 1 saturated heterocycles. The van der Waals surface area contributed by atoms with Crippen LogP contribution in [0.15, 0.2) is 48.5 Å². The molecule has 3 aromatic rings. The molecule has 1 aromatic heterocycles. The Morgan fingerprint density at radius 2 is 1.63 bits per heavy atom. The van der Waals surface area contributed by atoms with E-state index in [2.05, 4.69) is 50.8 Å². The first-order chi connectivity index (χ1) is 14.8. The zero-order chi connectivity index (χ0) is 20.3. The summed E-state index contributed by atoms with van der Waals surface area (Å²) in [5.74, 6) is 0. The van der Waals surface area contributed by atoms with Crippen LogP contribution in [0.5, 0.6) is 0 Å². The first kappa shape index (κ1) is 19.4. The molecule has 2 aliphatic heterocycles. The molecular formula is C26H30N4. The van der Waals surface area contributed by atoms with Crippen molar-refractivity contribution in [1.82, 2.24) is 14.4 Å². The topological polar surface area (TPSA) is 35.2 Å². The maximum absolute atomic E-state index is 9.44. The highest BCUT2D eigenvalue weighted by Gasteiger charge is 2.24. The lowest BCUT2D eigenvalue weighted by Crippen LogP contribution is -2.34. The van der Waals surface area contributed by atoms with Crippen LogP contribution in [0.25, 0.3) is 10.9 Å². The number of aromatic nitrogens is 1. The molecule has 2 aliphatic rings. The largest absolute Gasteiger partial charge is 0.343 e. The first-order valence-electron chi connectivity index (χ1n) is 11.3. The third kappa shape index (κ3) is 3.76. The standard InChI is InChI=1S/C26H30N4/c27-18-21-8-2-3-9-22(21)19-29-15-12-26-24(20-29)23-10-4-5-11-25(23)30(26)17-16-28-13-6-1-7-14-28/h2-5,8-11H,1,6-7,12-17,19-20H2. The van der Waals surface area contributed by atoms with Crippen molar-refractivity contribution in [3.05, 3.63) is 70.9 Å². The third-order valence-corrected chi connectivity index (χ3v) is 6.86. The van der Waals surface area contributed by atoms with Crippen LogP contribution in [0.2, 0.25) is 0 Å². The number of hydrogen-bond donors (Lipinski definition) is 0. The fraction of sp³-hybridized carbons (Fsp3) is 0.423. The Kier molecular flexibility index (Phi) is 5.57. The zero-order valence-electron chi connectivity index (χ0n) is 17.7. The van der Waals surface area contributed by atoms with Gasteiger partial charge in [0, 0.05) is 55.7 Å². The lowest BCUT2D eigenvalue weighted by Gasteiger charge is -2.30. The van der Waals surface area contributed by atoms with Crippen molar-refractivity contribution in [2.24, 2.45) is 0 Å². The van der Waals surface area contributed by atoms with Crippen molar-refractivity contribution in [3.8, 4) is 6.07 Å². The van der Waals surface area contributed by atoms with Gasteiger partial charge in [-0.15, -0.1) is 0 Å². The van der Waals surface area contributed by atoms with Gasteiger partial charge in [-0.25, -0.2) is 0 Å². The smallest absolute Gasteiger partial charge is 0.0995 e. The molecule has 154 valence electrons. The normalized spacial score (nSPS) is 17.7. The van der Waals surface area contributed by atoms with E-state index < -0.39 is 0 Å². The van der Waals surface area contributed by atoms with Gasteiger partial charge in [-0.3, -0.25) is 4.90 Å². The molecule has 0 atom stereocenters. The number of nitriles is 1. The van der Waals surface area contributed by atoms with E-state index in [0.717, 1.165) is 50.3 Å². The Labute approximate surface area is 179 Å². The van der Waals surface area contributed by atoms with Crippen LogP contribution in [0.4, 0.5) is 0 Å². The van der Waals surface area contributed by atoms with Gasteiger partial charge in [-0.2, -0.15) is 5.26 Å². The number of rotatable bonds is 5. The summed E-state index contributed by atoms with van der Waals surface area (Å²) in [6.07, 6.45) is 5.18. The van der Waals surface area contributed by atoms with Crippen LogP contribution < -0.4 is 0 Å². The van der Waals surface area contributed by atoms with E-state index in [1.807, 2.05) is 18.2 Å². The molecule has 0 spiro atoms. The molecule has 0 radical (unpaired) electrons. The summed E-state index contributed by atoms with van der Waals surface area (Å²) in [6.45, 7) is 7.62. The number of benzene rings is 2. The highest BCUT2D eigenvalue weighted by molar-refractivity contribution is 5.85. The molecule has 0 aliphatic carbocycles. The molecule has 1 fully saturated rings. The summed E-state index contributed by atoms with van der Waals surface area (Å²) >= 11 is 0. The summed E-state index contributed by atoms with van der Waals surface area (Å²) in [5, 5.41) is 10.8. The minimum atomic E-state index is 0.798. The predicted octanol–water partition coefficient (Wildman–Crippen LogP) is 4.56. The molecule has 4 nitrogen and oxygen atoms in total. The maximum atomic E-state index is 9.44. The van der Waals surface area contributed by atoms with E-state index in [9.17, 15) is 5.26 Å². The van der Waals surface area contributed by atoms with E-state index in [1.54, 1.807) is 0 Å². The van der Waals surface area contributed by atoms with Gasteiger partial charge in [0.15, 0.2) is 0 Å². The fourth-order valence-electron chi connectivity index (χ4n) is 5.28. The van der Waals surface area contributed by atoms with E-state index in [4.69, 9.17) is 0 Å². The van der Waals surface area contributed by atoms with Gasteiger partial charge >= 0.3 is 0 Å². The van der Waals surface area contributed by atoms with Gasteiger partial charge in [-0.1, -0.05) is 42.8 Å². The lowest BCUT2D eigenvalue weighted by molar-refractivity contribution is 0.217. The van der Waals surface area contributed by atoms with Crippen LogP contribution in [-0.2, 0) is 26.1 Å². The van der Waals surface area contributed by atoms with Gasteiger partial charge in [0.25, 0.3) is 0 Å². The van der Waals surface area contributed by atoms with Gasteiger partial charge in [0.1, 0.15) is 0 Å². The minimum Gasteiger partial charge on any atom is -0.343 e. The number of likely N-dealkylation sites (tertiary alicyclic amines) is 1. The van der Waals surface area contributed by atoms with Gasteiger partial charge < -0.3 is 9.47 Å². The second-order valence-corrected chi connectivity index (χ2v) is 8.73. The number of fused-ring (bicyclic) bond motifs is 3. The number of hydrogen-bond acceptors (Lipinski definition) is 3. The first-order valence-corrected chi connectivity index (χ1v) is 11.3. The van der Waals surface area contributed by atoms with Gasteiger partial charge in [-0.05, 0) is 49.2 Å². The molecule has 4 heteroatoms. The Bertz CT molecular complexity index is 1070. The molecule has 2 aromatic carbocycles. The van der Waals surface area contributed by atoms with Crippen molar-refractivity contribution in [2.45, 2.75) is 45.3 Å². The molecule has 3 heterocycles. The highest BCUT2D eigenvalue weighted by atomic mass is 15.2. The van der Waals surface area contributed by atoms with E-state index in [1.165, 1.54) is 54.5 Å². The van der Waals surface area contributed by atoms with Crippen LogP contribution in [0.3, 0.4) is 0 Å². The monoisotopic (exact) mass is 398 g/mol. The van der Waals surface area contributed by atoms with Crippen molar-refractivity contribution >= 4 is 10.9 Å². The summed E-state index contributed by atoms with van der Waals surface area (Å²) in [5.41, 5.74) is 6.34. The Balaban J connectivity index is 1.39. The average molecular weight is 399 g/mol. The van der Waals surface area contributed by atoms with E-state index >= 15 is 0 Å². The molecule has 0 unspecified atom stereocenters. The molecule has 30 heavy (non-hydrogen) atoms. The molecule has 0 amide bonds. The second kappa shape index (κ2) is 8.63. The number of piperidine rings is 1. The average Bonchev–Trinajstić information content (AvgIpc) is 3.12.